The molecule has 2 atom stereocenters. The highest BCUT2D eigenvalue weighted by Crippen LogP contribution is 2.18. The number of carbonyl (C=O) groups is 1. The predicted molar refractivity (Wildman–Crippen MR) is 64.4 cm³/mol. The zero-order chi connectivity index (χ0) is 12.9. The molecular weight excluding hydrogens is 218 g/mol. The average molecular weight is 237 g/mol. The van der Waals surface area contributed by atoms with Crippen LogP contribution in [0.1, 0.15) is 37.6 Å². The Balaban J connectivity index is 2.54. The monoisotopic (exact) mass is 237 g/mol. The molecule has 1 rings (SSSR count). The summed E-state index contributed by atoms with van der Waals surface area (Å²) in [5.74, 6) is -0.123. The van der Waals surface area contributed by atoms with Gasteiger partial charge in [0.15, 0.2) is 0 Å². The first-order valence-corrected chi connectivity index (χ1v) is 5.74. The summed E-state index contributed by atoms with van der Waals surface area (Å²) in [5, 5.41) is 20.1. The lowest BCUT2D eigenvalue weighted by Gasteiger charge is -2.29. The number of carbonyl (C=O) groups excluding carboxylic acids is 1. The van der Waals surface area contributed by atoms with Crippen LogP contribution in [0.2, 0.25) is 0 Å². The number of nitrogens with one attached hydrogen (secondary N) is 1. The molecule has 0 radical (unpaired) electrons. The smallest absolute Gasteiger partial charge is 0.253 e. The molecule has 2 N–H and O–H groups in total. The Hall–Kier alpha value is -1.49. The summed E-state index contributed by atoms with van der Waals surface area (Å²) < 4.78 is 0. The SMILES string of the molecule is CCC(C)C(C)(O)CNC(=O)c1ccnnc1. The molecule has 0 saturated carbocycles. The normalized spacial score (nSPS) is 16.0. The Kier molecular flexibility index (Phi) is 4.57. The number of aliphatic hydroxyl groups is 1. The van der Waals surface area contributed by atoms with Crippen molar-refractivity contribution in [1.29, 1.82) is 0 Å². The minimum atomic E-state index is -0.898. The molecule has 0 fully saturated rings. The maximum absolute atomic E-state index is 11.7. The highest BCUT2D eigenvalue weighted by Gasteiger charge is 2.27. The fourth-order valence-electron chi connectivity index (χ4n) is 1.40. The summed E-state index contributed by atoms with van der Waals surface area (Å²) >= 11 is 0. The van der Waals surface area contributed by atoms with Crippen LogP contribution < -0.4 is 5.32 Å². The van der Waals surface area contributed by atoms with Crippen LogP contribution in [0.4, 0.5) is 0 Å². The third kappa shape index (κ3) is 3.78. The third-order valence-corrected chi connectivity index (χ3v) is 3.13. The van der Waals surface area contributed by atoms with Crippen molar-refractivity contribution in [3.63, 3.8) is 0 Å². The van der Waals surface area contributed by atoms with E-state index < -0.39 is 5.60 Å². The first-order valence-electron chi connectivity index (χ1n) is 5.74. The van der Waals surface area contributed by atoms with Crippen LogP contribution in [0.25, 0.3) is 0 Å². The lowest BCUT2D eigenvalue weighted by molar-refractivity contribution is 0.00592. The van der Waals surface area contributed by atoms with Crippen LogP contribution in [-0.2, 0) is 0 Å². The van der Waals surface area contributed by atoms with Crippen molar-refractivity contribution >= 4 is 5.91 Å². The van der Waals surface area contributed by atoms with Crippen LogP contribution in [0, 0.1) is 5.92 Å². The molecule has 1 heterocycles. The molecule has 5 nitrogen and oxygen atoms in total. The van der Waals surface area contributed by atoms with Crippen molar-refractivity contribution in [2.24, 2.45) is 5.92 Å². The minimum Gasteiger partial charge on any atom is -0.388 e. The summed E-state index contributed by atoms with van der Waals surface area (Å²) in [4.78, 5) is 11.7. The van der Waals surface area contributed by atoms with Gasteiger partial charge in [-0.2, -0.15) is 10.2 Å². The lowest BCUT2D eigenvalue weighted by Crippen LogP contribution is -2.45. The van der Waals surface area contributed by atoms with E-state index in [1.54, 1.807) is 13.0 Å². The Morgan fingerprint density at radius 1 is 1.59 bits per heavy atom. The molecule has 0 aliphatic rings. The fraction of sp³-hybridized carbons (Fsp3) is 0.583. The molecule has 0 bridgehead atoms. The maximum Gasteiger partial charge on any atom is 0.253 e. The van der Waals surface area contributed by atoms with Crippen LogP contribution in [0.3, 0.4) is 0 Å². The molecule has 0 aliphatic heterocycles. The van der Waals surface area contributed by atoms with E-state index in [0.717, 1.165) is 6.42 Å². The van der Waals surface area contributed by atoms with Gasteiger partial charge in [-0.25, -0.2) is 0 Å². The zero-order valence-electron chi connectivity index (χ0n) is 10.5. The summed E-state index contributed by atoms with van der Waals surface area (Å²) in [6.07, 6.45) is 3.72. The minimum absolute atomic E-state index is 0.123. The van der Waals surface area contributed by atoms with E-state index in [9.17, 15) is 9.90 Å². The second-order valence-corrected chi connectivity index (χ2v) is 4.48. The molecular formula is C12H19N3O2. The van der Waals surface area contributed by atoms with Gasteiger partial charge in [-0.15, -0.1) is 0 Å². The van der Waals surface area contributed by atoms with Crippen molar-refractivity contribution in [2.45, 2.75) is 32.8 Å². The number of amides is 1. The van der Waals surface area contributed by atoms with Crippen molar-refractivity contribution in [1.82, 2.24) is 15.5 Å². The second kappa shape index (κ2) is 5.72. The van der Waals surface area contributed by atoms with E-state index in [2.05, 4.69) is 15.5 Å². The van der Waals surface area contributed by atoms with Crippen LogP contribution >= 0.6 is 0 Å². The topological polar surface area (TPSA) is 75.1 Å². The number of hydrogen-bond acceptors (Lipinski definition) is 4. The maximum atomic E-state index is 11.7. The standard InChI is InChI=1S/C12H19N3O2/c1-4-9(2)12(3,17)8-13-11(16)10-5-6-14-15-7-10/h5-7,9,17H,4,8H2,1-3H3,(H,13,16). The van der Waals surface area contributed by atoms with Crippen LogP contribution in [-0.4, -0.2) is 33.4 Å². The van der Waals surface area contributed by atoms with Gasteiger partial charge in [0, 0.05) is 6.54 Å². The van der Waals surface area contributed by atoms with Gasteiger partial charge in [0.2, 0.25) is 0 Å². The van der Waals surface area contributed by atoms with Crippen LogP contribution in [0.15, 0.2) is 18.5 Å². The van der Waals surface area contributed by atoms with E-state index in [4.69, 9.17) is 0 Å². The Labute approximate surface area is 101 Å². The molecule has 2 unspecified atom stereocenters. The molecule has 0 aliphatic carbocycles. The summed E-state index contributed by atoms with van der Waals surface area (Å²) in [7, 11) is 0. The Morgan fingerprint density at radius 3 is 2.82 bits per heavy atom. The third-order valence-electron chi connectivity index (χ3n) is 3.13. The molecule has 0 spiro atoms. The highest BCUT2D eigenvalue weighted by molar-refractivity contribution is 5.93. The van der Waals surface area contributed by atoms with Gasteiger partial charge >= 0.3 is 0 Å². The highest BCUT2D eigenvalue weighted by atomic mass is 16.3. The van der Waals surface area contributed by atoms with E-state index in [1.165, 1.54) is 12.4 Å². The molecule has 94 valence electrons. The van der Waals surface area contributed by atoms with Crippen molar-refractivity contribution < 1.29 is 9.90 Å². The van der Waals surface area contributed by atoms with E-state index >= 15 is 0 Å². The van der Waals surface area contributed by atoms with Crippen molar-refractivity contribution in [3.05, 3.63) is 24.0 Å². The van der Waals surface area contributed by atoms with E-state index in [-0.39, 0.29) is 18.4 Å². The van der Waals surface area contributed by atoms with E-state index in [1.807, 2.05) is 13.8 Å². The number of nitrogens with zero attached hydrogens (tertiary/aromatic N) is 2. The fourth-order valence-corrected chi connectivity index (χ4v) is 1.40. The van der Waals surface area contributed by atoms with Gasteiger partial charge in [0.05, 0.1) is 23.6 Å². The number of hydrogen-bond donors (Lipinski definition) is 2. The molecule has 1 aromatic heterocycles. The Bertz CT molecular complexity index is 365. The average Bonchev–Trinajstić information content (AvgIpc) is 2.36. The van der Waals surface area contributed by atoms with Gasteiger partial charge in [0.25, 0.3) is 5.91 Å². The quantitative estimate of drug-likeness (QED) is 0.801. The molecule has 0 aromatic carbocycles. The predicted octanol–water partition coefficient (Wildman–Crippen LogP) is 1.00. The van der Waals surface area contributed by atoms with E-state index in [0.29, 0.717) is 5.56 Å². The zero-order valence-corrected chi connectivity index (χ0v) is 10.5. The van der Waals surface area contributed by atoms with Gasteiger partial charge in [-0.1, -0.05) is 20.3 Å². The second-order valence-electron chi connectivity index (χ2n) is 4.48. The summed E-state index contributed by atoms with van der Waals surface area (Å²) in [5.41, 5.74) is -0.454. The largest absolute Gasteiger partial charge is 0.388 e. The summed E-state index contributed by atoms with van der Waals surface area (Å²) in [6, 6.07) is 1.58. The van der Waals surface area contributed by atoms with Crippen LogP contribution in [0.5, 0.6) is 0 Å². The molecule has 1 amide bonds. The number of aromatic nitrogens is 2. The van der Waals surface area contributed by atoms with Gasteiger partial charge < -0.3 is 10.4 Å². The first-order chi connectivity index (χ1) is 7.97. The van der Waals surface area contributed by atoms with Crippen molar-refractivity contribution in [3.8, 4) is 0 Å². The van der Waals surface area contributed by atoms with Crippen molar-refractivity contribution in [2.75, 3.05) is 6.54 Å². The first kappa shape index (κ1) is 13.6. The van der Waals surface area contributed by atoms with Gasteiger partial charge in [0.1, 0.15) is 0 Å². The molecule has 17 heavy (non-hydrogen) atoms. The Morgan fingerprint density at radius 2 is 2.29 bits per heavy atom. The van der Waals surface area contributed by atoms with Gasteiger partial charge in [-0.3, -0.25) is 4.79 Å². The summed E-state index contributed by atoms with van der Waals surface area (Å²) in [6.45, 7) is 5.92. The molecule has 1 aromatic rings. The number of rotatable bonds is 5. The molecule has 5 heteroatoms. The van der Waals surface area contributed by atoms with Gasteiger partial charge in [-0.05, 0) is 18.9 Å². The molecule has 0 saturated heterocycles. The lowest BCUT2D eigenvalue weighted by atomic mass is 9.88.